The highest BCUT2D eigenvalue weighted by Crippen LogP contribution is 2.37. The van der Waals surface area contributed by atoms with Crippen molar-refractivity contribution in [2.75, 3.05) is 0 Å². The molecule has 0 unspecified atom stereocenters. The second-order valence-corrected chi connectivity index (χ2v) is 7.38. The highest BCUT2D eigenvalue weighted by molar-refractivity contribution is 6.14. The average Bonchev–Trinajstić information content (AvgIpc) is 3.19. The molecule has 4 heteroatoms. The number of pyridine rings is 1. The van der Waals surface area contributed by atoms with Crippen molar-refractivity contribution in [3.8, 4) is 28.3 Å². The van der Waals surface area contributed by atoms with Gasteiger partial charge in [-0.3, -0.25) is 9.55 Å². The predicted molar refractivity (Wildman–Crippen MR) is 125 cm³/mol. The summed E-state index contributed by atoms with van der Waals surface area (Å²) in [6.07, 6.45) is 3.61. The third-order valence-corrected chi connectivity index (χ3v) is 5.52. The van der Waals surface area contributed by atoms with E-state index >= 15 is 0 Å². The average molecular weight is 398 g/mol. The van der Waals surface area contributed by atoms with Crippen LogP contribution in [-0.4, -0.2) is 19.5 Å². The number of hydrogen-bond acceptors (Lipinski definition) is 3. The molecule has 0 saturated carbocycles. The Hall–Kier alpha value is -4.31. The number of fused-ring (bicyclic) bond motifs is 3. The Kier molecular flexibility index (Phi) is 4.06. The molecule has 6 aromatic rings. The lowest BCUT2D eigenvalue weighted by atomic mass is 10.1. The molecule has 31 heavy (non-hydrogen) atoms. The Balaban J connectivity index is 1.81. The van der Waals surface area contributed by atoms with E-state index in [1.807, 2.05) is 60.9 Å². The van der Waals surface area contributed by atoms with Crippen LogP contribution in [-0.2, 0) is 0 Å². The minimum atomic E-state index is 0.708. The molecule has 3 heterocycles. The van der Waals surface area contributed by atoms with E-state index in [4.69, 9.17) is 9.97 Å². The zero-order valence-corrected chi connectivity index (χ0v) is 16.7. The molecule has 0 fully saturated rings. The van der Waals surface area contributed by atoms with Gasteiger partial charge in [0.25, 0.3) is 0 Å². The van der Waals surface area contributed by atoms with Gasteiger partial charge < -0.3 is 0 Å². The summed E-state index contributed by atoms with van der Waals surface area (Å²) in [5, 5.41) is 2.18. The number of benzene rings is 3. The molecule has 0 radical (unpaired) electrons. The second-order valence-electron chi connectivity index (χ2n) is 7.38. The van der Waals surface area contributed by atoms with E-state index in [9.17, 15) is 0 Å². The van der Waals surface area contributed by atoms with E-state index in [1.165, 1.54) is 0 Å². The van der Waals surface area contributed by atoms with Gasteiger partial charge in [-0.15, -0.1) is 0 Å². The Morgan fingerprint density at radius 2 is 1.26 bits per heavy atom. The van der Waals surface area contributed by atoms with Crippen molar-refractivity contribution in [2.24, 2.45) is 0 Å². The van der Waals surface area contributed by atoms with Crippen molar-refractivity contribution in [2.45, 2.75) is 0 Å². The largest absolute Gasteiger partial charge is 0.294 e. The maximum atomic E-state index is 5.08. The van der Waals surface area contributed by atoms with Gasteiger partial charge in [0.15, 0.2) is 5.82 Å². The SMILES string of the molecule is c1ccc(-c2nc(-c3ccncc3)c3c4ccccc4n(-c4ccccc4)c3n2)cc1. The molecule has 0 aliphatic heterocycles. The van der Waals surface area contributed by atoms with E-state index < -0.39 is 0 Å². The van der Waals surface area contributed by atoms with Crippen LogP contribution in [0.25, 0.3) is 50.3 Å². The lowest BCUT2D eigenvalue weighted by molar-refractivity contribution is 1.11. The Morgan fingerprint density at radius 1 is 0.581 bits per heavy atom. The predicted octanol–water partition coefficient (Wildman–Crippen LogP) is 6.30. The first-order valence-corrected chi connectivity index (χ1v) is 10.2. The molecule has 0 bridgehead atoms. The lowest BCUT2D eigenvalue weighted by Gasteiger charge is -2.10. The molecule has 0 saturated heterocycles. The fourth-order valence-corrected chi connectivity index (χ4v) is 4.13. The fraction of sp³-hybridized carbons (Fsp3) is 0. The van der Waals surface area contributed by atoms with Crippen LogP contribution in [0.1, 0.15) is 0 Å². The van der Waals surface area contributed by atoms with Crippen LogP contribution < -0.4 is 0 Å². The minimum absolute atomic E-state index is 0.708. The molecule has 0 spiro atoms. The molecule has 0 aliphatic rings. The van der Waals surface area contributed by atoms with Gasteiger partial charge in [0, 0.05) is 34.6 Å². The summed E-state index contributed by atoms with van der Waals surface area (Å²) < 4.78 is 2.23. The van der Waals surface area contributed by atoms with Gasteiger partial charge in [0.1, 0.15) is 5.65 Å². The molecule has 0 aliphatic carbocycles. The number of aromatic nitrogens is 4. The van der Waals surface area contributed by atoms with Crippen LogP contribution >= 0.6 is 0 Å². The van der Waals surface area contributed by atoms with Crippen LogP contribution in [0.4, 0.5) is 0 Å². The van der Waals surface area contributed by atoms with Crippen molar-refractivity contribution < 1.29 is 0 Å². The summed E-state index contributed by atoms with van der Waals surface area (Å²) >= 11 is 0. The summed E-state index contributed by atoms with van der Waals surface area (Å²) in [7, 11) is 0. The van der Waals surface area contributed by atoms with Crippen LogP contribution in [0.15, 0.2) is 109 Å². The van der Waals surface area contributed by atoms with Crippen LogP contribution in [0.2, 0.25) is 0 Å². The summed E-state index contributed by atoms with van der Waals surface area (Å²) in [4.78, 5) is 14.3. The molecule has 3 aromatic heterocycles. The monoisotopic (exact) mass is 398 g/mol. The van der Waals surface area contributed by atoms with E-state index in [0.29, 0.717) is 5.82 Å². The molecule has 146 valence electrons. The van der Waals surface area contributed by atoms with Crippen molar-refractivity contribution in [1.82, 2.24) is 19.5 Å². The summed E-state index contributed by atoms with van der Waals surface area (Å²) in [6.45, 7) is 0. The standard InChI is InChI=1S/C27H18N4/c1-3-9-20(10-4-1)26-29-25(19-15-17-28-18-16-19)24-22-13-7-8-14-23(22)31(27(24)30-26)21-11-5-2-6-12-21/h1-18H. The topological polar surface area (TPSA) is 43.6 Å². The van der Waals surface area contributed by atoms with Gasteiger partial charge >= 0.3 is 0 Å². The molecule has 0 atom stereocenters. The number of hydrogen-bond donors (Lipinski definition) is 0. The van der Waals surface area contributed by atoms with Gasteiger partial charge in [-0.1, -0.05) is 66.7 Å². The highest BCUT2D eigenvalue weighted by Gasteiger charge is 2.20. The molecular weight excluding hydrogens is 380 g/mol. The third kappa shape index (κ3) is 2.89. The van der Waals surface area contributed by atoms with Gasteiger partial charge in [-0.2, -0.15) is 0 Å². The van der Waals surface area contributed by atoms with Crippen LogP contribution in [0.3, 0.4) is 0 Å². The van der Waals surface area contributed by atoms with Gasteiger partial charge in [0.05, 0.1) is 16.6 Å². The highest BCUT2D eigenvalue weighted by atomic mass is 15.1. The third-order valence-electron chi connectivity index (χ3n) is 5.52. The van der Waals surface area contributed by atoms with Gasteiger partial charge in [-0.05, 0) is 30.3 Å². The van der Waals surface area contributed by atoms with Crippen molar-refractivity contribution in [3.63, 3.8) is 0 Å². The van der Waals surface area contributed by atoms with E-state index in [0.717, 1.165) is 44.4 Å². The normalized spacial score (nSPS) is 11.2. The van der Waals surface area contributed by atoms with Gasteiger partial charge in [-0.25, -0.2) is 9.97 Å². The minimum Gasteiger partial charge on any atom is -0.294 e. The van der Waals surface area contributed by atoms with Crippen molar-refractivity contribution >= 4 is 21.9 Å². The molecule has 0 N–H and O–H groups in total. The van der Waals surface area contributed by atoms with E-state index in [1.54, 1.807) is 0 Å². The zero-order chi connectivity index (χ0) is 20.6. The summed E-state index contributed by atoms with van der Waals surface area (Å²) in [5.74, 6) is 0.708. The smallest absolute Gasteiger partial charge is 0.162 e. The molecule has 3 aromatic carbocycles. The zero-order valence-electron chi connectivity index (χ0n) is 16.7. The Morgan fingerprint density at radius 3 is 2.03 bits per heavy atom. The quantitative estimate of drug-likeness (QED) is 0.351. The van der Waals surface area contributed by atoms with Crippen molar-refractivity contribution in [3.05, 3.63) is 109 Å². The first-order valence-electron chi connectivity index (χ1n) is 10.2. The summed E-state index contributed by atoms with van der Waals surface area (Å²) in [6, 6.07) is 32.9. The number of rotatable bonds is 3. The molecule has 6 rings (SSSR count). The number of nitrogens with zero attached hydrogens (tertiary/aromatic N) is 4. The Bertz CT molecular complexity index is 1510. The van der Waals surface area contributed by atoms with Crippen molar-refractivity contribution in [1.29, 1.82) is 0 Å². The molecule has 4 nitrogen and oxygen atoms in total. The van der Waals surface area contributed by atoms with E-state index in [2.05, 4.69) is 58.1 Å². The van der Waals surface area contributed by atoms with Crippen LogP contribution in [0.5, 0.6) is 0 Å². The fourth-order valence-electron chi connectivity index (χ4n) is 4.13. The number of para-hydroxylation sites is 2. The van der Waals surface area contributed by atoms with Crippen LogP contribution in [0, 0.1) is 0 Å². The molecular formula is C27H18N4. The van der Waals surface area contributed by atoms with Gasteiger partial charge in [0.2, 0.25) is 0 Å². The summed E-state index contributed by atoms with van der Waals surface area (Å²) in [5.41, 5.74) is 6.01. The maximum absolute atomic E-state index is 5.08. The lowest BCUT2D eigenvalue weighted by Crippen LogP contribution is -1.99. The first kappa shape index (κ1) is 17.5. The second kappa shape index (κ2) is 7.18. The molecule has 0 amide bonds. The van der Waals surface area contributed by atoms with E-state index in [-0.39, 0.29) is 0 Å². The first-order chi connectivity index (χ1) is 15.4. The maximum Gasteiger partial charge on any atom is 0.162 e. The Labute approximate surface area is 179 Å².